The van der Waals surface area contributed by atoms with E-state index in [1.807, 2.05) is 32.0 Å². The summed E-state index contributed by atoms with van der Waals surface area (Å²) in [6, 6.07) is 10.3. The minimum Gasteiger partial charge on any atom is -0.409 e. The van der Waals surface area contributed by atoms with E-state index in [4.69, 9.17) is 13.6 Å². The summed E-state index contributed by atoms with van der Waals surface area (Å²) in [6.07, 6.45) is 1.52. The highest BCUT2D eigenvalue weighted by Gasteiger charge is 2.49. The van der Waals surface area contributed by atoms with E-state index in [1.54, 1.807) is 0 Å². The van der Waals surface area contributed by atoms with Crippen LogP contribution in [0.2, 0.25) is 34.8 Å². The summed E-state index contributed by atoms with van der Waals surface area (Å²) in [7, 11) is -4.34. The van der Waals surface area contributed by atoms with E-state index >= 15 is 0 Å². The summed E-state index contributed by atoms with van der Waals surface area (Å²) in [4.78, 5) is 14.0. The second-order valence-electron chi connectivity index (χ2n) is 14.5. The third kappa shape index (κ3) is 9.76. The number of hydrogen-bond donors (Lipinski definition) is 0. The predicted molar refractivity (Wildman–Crippen MR) is 177 cm³/mol. The van der Waals surface area contributed by atoms with Crippen molar-refractivity contribution in [2.45, 2.75) is 144 Å². The Hall–Kier alpha value is -1.06. The molecule has 0 aliphatic heterocycles. The lowest BCUT2D eigenvalue weighted by molar-refractivity contribution is -0.131. The molecule has 230 valence electrons. The van der Waals surface area contributed by atoms with Crippen molar-refractivity contribution in [3.8, 4) is 0 Å². The minimum absolute atomic E-state index is 0.0423. The van der Waals surface area contributed by atoms with Gasteiger partial charge in [-0.05, 0) is 65.7 Å². The van der Waals surface area contributed by atoms with Gasteiger partial charge < -0.3 is 13.6 Å². The Balaban J connectivity index is 3.32. The van der Waals surface area contributed by atoms with Crippen LogP contribution in [0.25, 0.3) is 0 Å². The highest BCUT2D eigenvalue weighted by Crippen LogP contribution is 2.45. The van der Waals surface area contributed by atoms with Crippen molar-refractivity contribution in [2.75, 3.05) is 6.61 Å². The van der Waals surface area contributed by atoms with E-state index in [2.05, 4.69) is 107 Å². The summed E-state index contributed by atoms with van der Waals surface area (Å²) in [5, 5.41) is 0.0423. The summed E-state index contributed by atoms with van der Waals surface area (Å²) in [6.45, 7) is 34.4. The molecule has 1 aromatic rings. The van der Waals surface area contributed by atoms with Crippen LogP contribution in [-0.2, 0) is 25.0 Å². The first-order chi connectivity index (χ1) is 18.3. The summed E-state index contributed by atoms with van der Waals surface area (Å²) in [5.74, 6) is 0.0255. The molecule has 4 nitrogen and oxygen atoms in total. The van der Waals surface area contributed by atoms with Crippen molar-refractivity contribution in [1.29, 1.82) is 0 Å². The Morgan fingerprint density at radius 1 is 0.850 bits per heavy atom. The van der Waals surface area contributed by atoms with Gasteiger partial charge in [0.25, 0.3) is 0 Å². The smallest absolute Gasteiger partial charge is 0.201 e. The molecule has 0 aliphatic carbocycles. The number of ketones is 1. The number of Topliss-reactive ketones (excluding diaryl/α,β-unsaturated/α-hetero) is 1. The largest absolute Gasteiger partial charge is 0.409 e. The number of benzene rings is 1. The monoisotopic (exact) mass is 590 g/mol. The maximum absolute atomic E-state index is 14.0. The molecule has 0 aliphatic rings. The second kappa shape index (κ2) is 15.4. The Kier molecular flexibility index (Phi) is 14.3. The Bertz CT molecular complexity index is 909. The normalized spacial score (nSPS) is 16.9. The molecule has 0 radical (unpaired) electrons. The Labute approximate surface area is 249 Å². The fraction of sp³-hybridized carbons (Fsp3) is 0.735. The zero-order valence-corrected chi connectivity index (χ0v) is 30.6. The fourth-order valence-corrected chi connectivity index (χ4v) is 12.9. The van der Waals surface area contributed by atoms with E-state index in [1.165, 1.54) is 5.56 Å². The fourth-order valence-electron chi connectivity index (χ4n) is 5.94. The molecule has 0 saturated heterocycles. The lowest BCUT2D eigenvalue weighted by Gasteiger charge is -2.46. The van der Waals surface area contributed by atoms with Gasteiger partial charge >= 0.3 is 0 Å². The molecular formula is C34H62O4Si2. The number of carbonyl (C=O) groups is 1. The topological polar surface area (TPSA) is 44.8 Å². The van der Waals surface area contributed by atoms with Crippen LogP contribution in [0.1, 0.15) is 95.6 Å². The van der Waals surface area contributed by atoms with Gasteiger partial charge in [-0.2, -0.15) is 0 Å². The first kappa shape index (κ1) is 37.0. The van der Waals surface area contributed by atoms with E-state index in [-0.39, 0.29) is 28.8 Å². The van der Waals surface area contributed by atoms with Gasteiger partial charge in [-0.3, -0.25) is 4.79 Å². The average molecular weight is 591 g/mol. The summed E-state index contributed by atoms with van der Waals surface area (Å²) >= 11 is 0. The van der Waals surface area contributed by atoms with E-state index in [9.17, 15) is 4.79 Å². The van der Waals surface area contributed by atoms with Crippen LogP contribution in [0.5, 0.6) is 0 Å². The lowest BCUT2D eigenvalue weighted by Crippen LogP contribution is -2.53. The van der Waals surface area contributed by atoms with Crippen molar-refractivity contribution in [1.82, 2.24) is 0 Å². The van der Waals surface area contributed by atoms with Crippen LogP contribution in [0, 0.1) is 11.8 Å². The number of hydrogen-bond acceptors (Lipinski definition) is 4. The molecule has 0 spiro atoms. The molecule has 6 heteroatoms. The van der Waals surface area contributed by atoms with Gasteiger partial charge in [0.05, 0.1) is 19.3 Å². The van der Waals surface area contributed by atoms with E-state index < -0.39 is 22.7 Å². The minimum atomic E-state index is -2.25. The molecule has 40 heavy (non-hydrogen) atoms. The van der Waals surface area contributed by atoms with Crippen LogP contribution in [0.4, 0.5) is 0 Å². The Morgan fingerprint density at radius 2 is 1.35 bits per heavy atom. The van der Waals surface area contributed by atoms with Crippen molar-refractivity contribution >= 4 is 22.4 Å². The molecule has 0 aromatic heterocycles. The maximum atomic E-state index is 14.0. The van der Waals surface area contributed by atoms with Crippen molar-refractivity contribution in [3.63, 3.8) is 0 Å². The molecule has 0 heterocycles. The van der Waals surface area contributed by atoms with Crippen LogP contribution in [0.3, 0.4) is 0 Å². The third-order valence-electron chi connectivity index (χ3n) is 9.11. The standard InChI is InChI=1S/C34H62O4Si2/c1-24(2)40(25(3)4,26(5)6)38-33(29(9)32(35)30(10)37-39(14,15)34(11,12)13)28(8)21-27(7)22-36-23-31-19-17-16-18-20-31/h16-21,24-27,29-30,33H,22-23H2,1-15H3/b28-21+/t27-,29+,30+,33+/m1/s1. The molecule has 1 rings (SSSR count). The van der Waals surface area contributed by atoms with Gasteiger partial charge in [0.15, 0.2) is 14.1 Å². The quantitative estimate of drug-likeness (QED) is 0.142. The predicted octanol–water partition coefficient (Wildman–Crippen LogP) is 9.96. The SMILES string of the molecule is C/C(=C\[C@@H](C)COCc1ccccc1)[C@H](O[Si](C(C)C)(C(C)C)C(C)C)[C@@H](C)C(=O)[C@H](C)O[Si](C)(C)C(C)(C)C. The second-order valence-corrected chi connectivity index (χ2v) is 24.6. The van der Waals surface area contributed by atoms with Crippen LogP contribution in [-0.4, -0.2) is 41.2 Å². The number of rotatable bonds is 16. The molecule has 0 unspecified atom stereocenters. The summed E-state index contributed by atoms with van der Waals surface area (Å²) < 4.78 is 20.0. The van der Waals surface area contributed by atoms with Crippen LogP contribution in [0.15, 0.2) is 42.0 Å². The molecule has 0 amide bonds. The highest BCUT2D eigenvalue weighted by molar-refractivity contribution is 6.77. The van der Waals surface area contributed by atoms with Gasteiger partial charge in [-0.25, -0.2) is 0 Å². The van der Waals surface area contributed by atoms with Crippen LogP contribution < -0.4 is 0 Å². The van der Waals surface area contributed by atoms with Crippen molar-refractivity contribution < 1.29 is 18.4 Å². The molecule has 0 bridgehead atoms. The highest BCUT2D eigenvalue weighted by atomic mass is 28.4. The van der Waals surface area contributed by atoms with Gasteiger partial charge in [0, 0.05) is 5.92 Å². The van der Waals surface area contributed by atoms with E-state index in [0.29, 0.717) is 29.8 Å². The third-order valence-corrected chi connectivity index (χ3v) is 19.7. The number of carbonyl (C=O) groups excluding carboxylic acids is 1. The van der Waals surface area contributed by atoms with Crippen molar-refractivity contribution in [2.24, 2.45) is 11.8 Å². The Morgan fingerprint density at radius 3 is 1.80 bits per heavy atom. The van der Waals surface area contributed by atoms with Crippen molar-refractivity contribution in [3.05, 3.63) is 47.5 Å². The molecule has 4 atom stereocenters. The zero-order valence-electron chi connectivity index (χ0n) is 28.6. The average Bonchev–Trinajstić information content (AvgIpc) is 2.82. The van der Waals surface area contributed by atoms with E-state index in [0.717, 1.165) is 5.57 Å². The first-order valence-electron chi connectivity index (χ1n) is 15.5. The van der Waals surface area contributed by atoms with Gasteiger partial charge in [0.1, 0.15) is 6.10 Å². The first-order valence-corrected chi connectivity index (χ1v) is 20.5. The molecule has 0 fully saturated rings. The van der Waals surface area contributed by atoms with Gasteiger partial charge in [0.2, 0.25) is 8.32 Å². The number of ether oxygens (including phenoxy) is 1. The van der Waals surface area contributed by atoms with Gasteiger partial charge in [-0.15, -0.1) is 0 Å². The molecular weight excluding hydrogens is 529 g/mol. The summed E-state index contributed by atoms with van der Waals surface area (Å²) in [5.41, 5.74) is 3.58. The lowest BCUT2D eigenvalue weighted by atomic mass is 9.90. The zero-order chi connectivity index (χ0) is 31.1. The van der Waals surface area contributed by atoms with Gasteiger partial charge in [-0.1, -0.05) is 113 Å². The molecule has 1 aromatic carbocycles. The van der Waals surface area contributed by atoms with Crippen LogP contribution >= 0.6 is 0 Å². The molecule has 0 N–H and O–H groups in total. The maximum Gasteiger partial charge on any atom is 0.201 e. The molecule has 0 saturated carbocycles.